The van der Waals surface area contributed by atoms with Crippen molar-refractivity contribution in [2.24, 2.45) is 0 Å². The molecule has 1 fully saturated rings. The molecule has 1 saturated heterocycles. The Morgan fingerprint density at radius 2 is 1.73 bits per heavy atom. The van der Waals surface area contributed by atoms with Crippen LogP contribution in [0.5, 0.6) is 0 Å². The van der Waals surface area contributed by atoms with Crippen molar-refractivity contribution in [3.63, 3.8) is 0 Å². The summed E-state index contributed by atoms with van der Waals surface area (Å²) in [6.07, 6.45) is 12.9. The molecule has 5 atom stereocenters. The second-order valence-electron chi connectivity index (χ2n) is 9.26. The molecule has 3 unspecified atom stereocenters. The highest BCUT2D eigenvalue weighted by molar-refractivity contribution is 7.67. The Morgan fingerprint density at radius 3 is 2.36 bits per heavy atom. The number of phosphoric acid groups is 2. The minimum atomic E-state index is -5.60. The normalized spacial score (nSPS) is 20.9. The molecule has 16 nitrogen and oxygen atoms in total. The summed E-state index contributed by atoms with van der Waals surface area (Å²) in [6, 6.07) is 0. The summed E-state index contributed by atoms with van der Waals surface area (Å²) in [4.78, 5) is 54.8. The van der Waals surface area contributed by atoms with E-state index in [-0.39, 0.29) is 31.6 Å². The molecule has 19 heteroatoms. The monoisotopic (exact) mass is 679 g/mol. The minimum Gasteiger partial charge on any atom is -0.376 e. The van der Waals surface area contributed by atoms with E-state index in [0.717, 1.165) is 17.4 Å². The van der Waals surface area contributed by atoms with Crippen LogP contribution in [0.4, 0.5) is 0 Å². The third-order valence-corrected chi connectivity index (χ3v) is 10.3. The van der Waals surface area contributed by atoms with Gasteiger partial charge >= 0.3 is 29.1 Å². The number of rotatable bonds is 18. The second kappa shape index (κ2) is 18.0. The lowest BCUT2D eigenvalue weighted by Crippen LogP contribution is -2.35. The number of unbranched alkanes of at least 4 members (excludes halogenated alkanes) is 5. The molecule has 44 heavy (non-hydrogen) atoms. The molecule has 1 aliphatic rings. The van der Waals surface area contributed by atoms with Crippen molar-refractivity contribution in [2.75, 3.05) is 19.8 Å². The highest BCUT2D eigenvalue weighted by Gasteiger charge is 2.44. The summed E-state index contributed by atoms with van der Waals surface area (Å²) in [5.74, 6) is 10.6. The largest absolute Gasteiger partial charge is 0.489 e. The summed E-state index contributed by atoms with van der Waals surface area (Å²) in [5.41, 5.74) is -1.42. The molecule has 2 rings (SSSR count). The van der Waals surface area contributed by atoms with Crippen molar-refractivity contribution >= 4 is 23.4 Å². The van der Waals surface area contributed by atoms with Crippen molar-refractivity contribution in [2.45, 2.75) is 76.7 Å². The average molecular weight is 679 g/mol. The van der Waals surface area contributed by atoms with E-state index in [0.29, 0.717) is 25.7 Å². The number of terminal acetylenes is 2. The van der Waals surface area contributed by atoms with E-state index in [2.05, 4.69) is 42.4 Å². The van der Waals surface area contributed by atoms with Crippen LogP contribution in [-0.2, 0) is 36.3 Å². The molecule has 244 valence electrons. The lowest BCUT2D eigenvalue weighted by Gasteiger charge is -2.24. The summed E-state index contributed by atoms with van der Waals surface area (Å²) >= 11 is 0. The third kappa shape index (κ3) is 13.4. The van der Waals surface area contributed by atoms with Gasteiger partial charge in [-0.2, -0.15) is 8.62 Å². The van der Waals surface area contributed by atoms with Crippen molar-refractivity contribution in [1.29, 1.82) is 0 Å². The summed E-state index contributed by atoms with van der Waals surface area (Å²) in [5, 5.41) is 2.34. The first-order valence-corrected chi connectivity index (χ1v) is 18.1. The summed E-state index contributed by atoms with van der Waals surface area (Å²) in [6.45, 7) is 1.25. The van der Waals surface area contributed by atoms with Gasteiger partial charge in [-0.05, 0) is 32.6 Å². The smallest absolute Gasteiger partial charge is 0.376 e. The highest BCUT2D eigenvalue weighted by Crippen LogP contribution is 2.66. The molecule has 1 aromatic rings. The van der Waals surface area contributed by atoms with E-state index in [1.165, 1.54) is 6.20 Å². The van der Waals surface area contributed by atoms with Gasteiger partial charge in [0.2, 0.25) is 0 Å². The SMILES string of the molecule is C#CCCCCC#Cc1cn([C@H]2CC(OCC)[C@@H](CNP(=O)(OCCCCC#C)OP(=O)(O)OP(=O)(O)O)O2)c(=O)[nH]c1=O. The Hall–Kier alpha value is -2.31. The molecule has 2 heterocycles. The molecule has 0 radical (unpaired) electrons. The van der Waals surface area contributed by atoms with Crippen LogP contribution in [0.1, 0.15) is 70.1 Å². The van der Waals surface area contributed by atoms with Crippen LogP contribution in [0.2, 0.25) is 0 Å². The van der Waals surface area contributed by atoms with Crippen LogP contribution in [0, 0.1) is 36.5 Å². The van der Waals surface area contributed by atoms with Crippen LogP contribution in [0.15, 0.2) is 15.8 Å². The van der Waals surface area contributed by atoms with Crippen molar-refractivity contribution in [3.8, 4) is 36.5 Å². The number of hydrogen-bond acceptors (Lipinski definition) is 10. The number of nitrogens with zero attached hydrogens (tertiary/aromatic N) is 1. The van der Waals surface area contributed by atoms with Gasteiger partial charge < -0.3 is 24.2 Å². The number of hydrogen-bond donors (Lipinski definition) is 5. The van der Waals surface area contributed by atoms with Crippen LogP contribution in [-0.4, -0.2) is 56.2 Å². The van der Waals surface area contributed by atoms with Crippen LogP contribution in [0.3, 0.4) is 0 Å². The Bertz CT molecular complexity index is 1510. The Balaban J connectivity index is 2.23. The van der Waals surface area contributed by atoms with E-state index in [1.54, 1.807) is 6.92 Å². The lowest BCUT2D eigenvalue weighted by atomic mass is 10.1. The summed E-state index contributed by atoms with van der Waals surface area (Å²) in [7, 11) is -15.9. The molecule has 5 N–H and O–H groups in total. The average Bonchev–Trinajstić information content (AvgIpc) is 3.31. The van der Waals surface area contributed by atoms with Crippen LogP contribution in [0.25, 0.3) is 0 Å². The highest BCUT2D eigenvalue weighted by atomic mass is 31.3. The predicted octanol–water partition coefficient (Wildman–Crippen LogP) is 2.52. The quantitative estimate of drug-likeness (QED) is 0.0854. The molecule has 0 amide bonds. The molecular weight excluding hydrogens is 643 g/mol. The fraction of sp³-hybridized carbons (Fsp3) is 0.600. The zero-order valence-corrected chi connectivity index (χ0v) is 26.6. The molecule has 0 bridgehead atoms. The van der Waals surface area contributed by atoms with E-state index >= 15 is 0 Å². The van der Waals surface area contributed by atoms with Gasteiger partial charge in [0, 0.05) is 45.0 Å². The molecule has 0 saturated carbocycles. The second-order valence-corrected chi connectivity index (χ2v) is 14.1. The number of ether oxygens (including phenoxy) is 2. The van der Waals surface area contributed by atoms with Crippen molar-refractivity contribution < 1.29 is 51.0 Å². The number of aromatic amines is 1. The first-order chi connectivity index (χ1) is 20.7. The maximum atomic E-state index is 13.4. The molecule has 0 aromatic carbocycles. The Kier molecular flexibility index (Phi) is 15.5. The molecule has 1 aliphatic heterocycles. The third-order valence-electron chi connectivity index (χ3n) is 5.82. The van der Waals surface area contributed by atoms with Crippen LogP contribution >= 0.6 is 23.4 Å². The van der Waals surface area contributed by atoms with Gasteiger partial charge in [0.15, 0.2) is 0 Å². The number of aromatic nitrogens is 2. The summed E-state index contributed by atoms with van der Waals surface area (Å²) < 4.78 is 62.9. The van der Waals surface area contributed by atoms with E-state index in [9.17, 15) is 28.2 Å². The molecule has 0 spiro atoms. The van der Waals surface area contributed by atoms with Gasteiger partial charge in [0.25, 0.3) is 5.56 Å². The maximum absolute atomic E-state index is 13.4. The van der Waals surface area contributed by atoms with E-state index in [1.807, 2.05) is 0 Å². The minimum absolute atomic E-state index is 0.0274. The fourth-order valence-electron chi connectivity index (χ4n) is 3.93. The molecule has 1 aromatic heterocycles. The van der Waals surface area contributed by atoms with Gasteiger partial charge in [-0.3, -0.25) is 18.9 Å². The zero-order valence-electron chi connectivity index (χ0n) is 24.0. The first kappa shape index (κ1) is 37.9. The number of nitrogens with one attached hydrogen (secondary N) is 2. The molecule has 0 aliphatic carbocycles. The zero-order chi connectivity index (χ0) is 32.8. The number of H-pyrrole nitrogens is 1. The maximum Gasteiger partial charge on any atom is 0.489 e. The van der Waals surface area contributed by atoms with Gasteiger partial charge in [0.1, 0.15) is 11.8 Å². The first-order valence-electron chi connectivity index (χ1n) is 13.5. The van der Waals surface area contributed by atoms with E-state index in [4.69, 9.17) is 36.6 Å². The van der Waals surface area contributed by atoms with Crippen LogP contribution < -0.4 is 16.3 Å². The topological polar surface area (TPSA) is 225 Å². The predicted molar refractivity (Wildman–Crippen MR) is 158 cm³/mol. The van der Waals surface area contributed by atoms with Gasteiger partial charge in [0.05, 0.1) is 18.8 Å². The van der Waals surface area contributed by atoms with Gasteiger partial charge in [-0.25, -0.2) is 23.6 Å². The Morgan fingerprint density at radius 1 is 1.07 bits per heavy atom. The van der Waals surface area contributed by atoms with Crippen molar-refractivity contribution in [3.05, 3.63) is 32.6 Å². The molecular formula is C25H36N3O13P3. The van der Waals surface area contributed by atoms with Gasteiger partial charge in [-0.1, -0.05) is 11.8 Å². The Labute approximate surface area is 254 Å². The van der Waals surface area contributed by atoms with Gasteiger partial charge in [-0.15, -0.1) is 24.7 Å². The fourth-order valence-corrected chi connectivity index (χ4v) is 7.76. The van der Waals surface area contributed by atoms with Crippen molar-refractivity contribution in [1.82, 2.24) is 14.6 Å². The lowest BCUT2D eigenvalue weighted by molar-refractivity contribution is -0.0342. The standard InChI is InChI=1S/C25H36N3O13P3/c1-4-7-9-11-12-13-15-20-19-28(25(30)27-24(20)29)23-17-21(37-6-3)22(39-23)18-26-42(31,38-16-14-10-8-5-2)40-44(35,36)41-43(32,33)34/h1-2,19,21-23H,6-12,14,16-18H2,3H3,(H,26,31)(H,35,36)(H,27,29,30)(H2,32,33,34)/t21?,22-,23-,42?/m1/s1. The van der Waals surface area contributed by atoms with E-state index < -0.39 is 59.6 Å².